The van der Waals surface area contributed by atoms with E-state index >= 15 is 0 Å². The van der Waals surface area contributed by atoms with E-state index in [1.54, 1.807) is 24.3 Å². The first kappa shape index (κ1) is 21.2. The van der Waals surface area contributed by atoms with Gasteiger partial charge in [0.25, 0.3) is 0 Å². The molecule has 2 N–H and O–H groups in total. The fourth-order valence-electron chi connectivity index (χ4n) is 3.70. The van der Waals surface area contributed by atoms with Crippen molar-refractivity contribution in [3.8, 4) is 34.1 Å². The molecule has 162 valence electrons. The molecule has 1 aromatic heterocycles. The number of aromatic hydroxyl groups is 2. The minimum atomic E-state index is -0.616. The molecule has 0 aliphatic heterocycles. The molecule has 0 saturated heterocycles. The first-order valence-corrected chi connectivity index (χ1v) is 10.3. The molecule has 4 aromatic rings. The highest BCUT2D eigenvalue weighted by molar-refractivity contribution is 5.95. The van der Waals surface area contributed by atoms with Crippen molar-refractivity contribution >= 4 is 5.97 Å². The van der Waals surface area contributed by atoms with Gasteiger partial charge in [-0.25, -0.2) is 4.79 Å². The molecule has 0 fully saturated rings. The predicted octanol–water partition coefficient (Wildman–Crippen LogP) is 6.31. The van der Waals surface area contributed by atoms with E-state index in [4.69, 9.17) is 9.15 Å². The third-order valence-corrected chi connectivity index (χ3v) is 5.27. The molecule has 0 bridgehead atoms. The molecule has 0 radical (unpaired) electrons. The van der Waals surface area contributed by atoms with Crippen LogP contribution in [0.4, 0.5) is 0 Å². The number of carbonyl (C=O) groups is 1. The van der Waals surface area contributed by atoms with Gasteiger partial charge < -0.3 is 19.4 Å². The Hall–Kier alpha value is -3.99. The molecule has 32 heavy (non-hydrogen) atoms. The molecule has 0 spiro atoms. The minimum Gasteiger partial charge on any atom is -0.507 e. The van der Waals surface area contributed by atoms with Gasteiger partial charge in [0.05, 0.1) is 11.1 Å². The number of hydrogen-bond donors (Lipinski definition) is 2. The van der Waals surface area contributed by atoms with Crippen molar-refractivity contribution in [2.45, 2.75) is 27.4 Å². The van der Waals surface area contributed by atoms with Crippen molar-refractivity contribution < 1.29 is 24.2 Å². The second-order valence-corrected chi connectivity index (χ2v) is 7.91. The first-order chi connectivity index (χ1) is 15.3. The summed E-state index contributed by atoms with van der Waals surface area (Å²) in [5, 5.41) is 21.3. The summed E-state index contributed by atoms with van der Waals surface area (Å²) in [6, 6.07) is 19.9. The largest absolute Gasteiger partial charge is 0.507 e. The molecular weight excluding hydrogens is 404 g/mol. The van der Waals surface area contributed by atoms with Crippen LogP contribution in [0.1, 0.15) is 32.6 Å². The Morgan fingerprint density at radius 2 is 1.41 bits per heavy atom. The number of benzene rings is 3. The summed E-state index contributed by atoms with van der Waals surface area (Å²) in [6.07, 6.45) is 0. The van der Waals surface area contributed by atoms with Gasteiger partial charge in [-0.05, 0) is 73.4 Å². The lowest BCUT2D eigenvalue weighted by Gasteiger charge is -2.11. The van der Waals surface area contributed by atoms with Gasteiger partial charge >= 0.3 is 5.97 Å². The molecule has 0 saturated carbocycles. The zero-order valence-electron chi connectivity index (χ0n) is 18.2. The molecule has 5 heteroatoms. The van der Waals surface area contributed by atoms with E-state index < -0.39 is 5.97 Å². The first-order valence-electron chi connectivity index (χ1n) is 10.3. The summed E-state index contributed by atoms with van der Waals surface area (Å²) in [6.45, 7) is 5.71. The maximum atomic E-state index is 12.7. The highest BCUT2D eigenvalue weighted by Crippen LogP contribution is 2.40. The van der Waals surface area contributed by atoms with E-state index in [9.17, 15) is 15.0 Å². The topological polar surface area (TPSA) is 79.9 Å². The van der Waals surface area contributed by atoms with Crippen LogP contribution in [0.2, 0.25) is 0 Å². The SMILES string of the molecule is Cc1cc(C)c(O)c(-c2ccc(-c3cc(C)cc(C(=O)OCc4ccccc4)c3O)o2)c1. The zero-order chi connectivity index (χ0) is 22.8. The Bertz CT molecular complexity index is 1290. The second kappa shape index (κ2) is 8.63. The van der Waals surface area contributed by atoms with Crippen LogP contribution >= 0.6 is 0 Å². The van der Waals surface area contributed by atoms with Crippen LogP contribution in [-0.2, 0) is 11.3 Å². The maximum Gasteiger partial charge on any atom is 0.342 e. The van der Waals surface area contributed by atoms with Gasteiger partial charge in [-0.1, -0.05) is 36.4 Å². The third-order valence-electron chi connectivity index (χ3n) is 5.27. The highest BCUT2D eigenvalue weighted by Gasteiger charge is 2.21. The van der Waals surface area contributed by atoms with Crippen LogP contribution in [0.3, 0.4) is 0 Å². The van der Waals surface area contributed by atoms with Crippen LogP contribution in [0.5, 0.6) is 11.5 Å². The monoisotopic (exact) mass is 428 g/mol. The van der Waals surface area contributed by atoms with E-state index in [1.165, 1.54) is 0 Å². The number of esters is 1. The summed E-state index contributed by atoms with van der Waals surface area (Å²) in [5.74, 6) is 0.180. The van der Waals surface area contributed by atoms with Crippen molar-refractivity contribution in [3.05, 3.63) is 94.5 Å². The van der Waals surface area contributed by atoms with E-state index in [0.717, 1.165) is 22.3 Å². The maximum absolute atomic E-state index is 12.7. The second-order valence-electron chi connectivity index (χ2n) is 7.91. The lowest BCUT2D eigenvalue weighted by molar-refractivity contribution is 0.0469. The number of ether oxygens (including phenoxy) is 1. The van der Waals surface area contributed by atoms with Crippen LogP contribution < -0.4 is 0 Å². The van der Waals surface area contributed by atoms with E-state index in [2.05, 4.69) is 0 Å². The number of hydrogen-bond acceptors (Lipinski definition) is 5. The van der Waals surface area contributed by atoms with Crippen LogP contribution in [-0.4, -0.2) is 16.2 Å². The normalized spacial score (nSPS) is 10.8. The number of aryl methyl sites for hydroxylation is 3. The fourth-order valence-corrected chi connectivity index (χ4v) is 3.70. The standard InChI is InChI=1S/C27H24O5/c1-16-11-18(3)25(28)20(12-16)23-9-10-24(32-23)21-13-17(2)14-22(26(21)29)27(30)31-15-19-7-5-4-6-8-19/h4-14,28-29H,15H2,1-3H3. The molecule has 0 unspecified atom stereocenters. The van der Waals surface area contributed by atoms with E-state index in [-0.39, 0.29) is 23.7 Å². The molecule has 0 atom stereocenters. The van der Waals surface area contributed by atoms with E-state index in [1.807, 2.05) is 63.2 Å². The average molecular weight is 428 g/mol. The Morgan fingerprint density at radius 3 is 2.06 bits per heavy atom. The Balaban J connectivity index is 1.66. The van der Waals surface area contributed by atoms with Gasteiger partial charge in [-0.2, -0.15) is 0 Å². The van der Waals surface area contributed by atoms with Gasteiger partial charge in [-0.15, -0.1) is 0 Å². The van der Waals surface area contributed by atoms with Crippen molar-refractivity contribution in [2.75, 3.05) is 0 Å². The number of furan rings is 1. The lowest BCUT2D eigenvalue weighted by Crippen LogP contribution is -2.06. The van der Waals surface area contributed by atoms with Crippen LogP contribution in [0, 0.1) is 20.8 Å². The smallest absolute Gasteiger partial charge is 0.342 e. The van der Waals surface area contributed by atoms with Crippen molar-refractivity contribution in [2.24, 2.45) is 0 Å². The van der Waals surface area contributed by atoms with Gasteiger partial charge in [0.1, 0.15) is 35.2 Å². The number of rotatable bonds is 5. The van der Waals surface area contributed by atoms with Crippen molar-refractivity contribution in [1.82, 2.24) is 0 Å². The van der Waals surface area contributed by atoms with Crippen molar-refractivity contribution in [1.29, 1.82) is 0 Å². The molecule has 5 nitrogen and oxygen atoms in total. The summed E-state index contributed by atoms with van der Waals surface area (Å²) >= 11 is 0. The molecule has 4 rings (SSSR count). The molecule has 3 aromatic carbocycles. The third kappa shape index (κ3) is 4.23. The summed E-state index contributed by atoms with van der Waals surface area (Å²) in [7, 11) is 0. The van der Waals surface area contributed by atoms with Crippen LogP contribution in [0.25, 0.3) is 22.6 Å². The Morgan fingerprint density at radius 1 is 0.812 bits per heavy atom. The Kier molecular flexibility index (Phi) is 5.73. The summed E-state index contributed by atoms with van der Waals surface area (Å²) in [5.41, 5.74) is 4.40. The van der Waals surface area contributed by atoms with Gasteiger partial charge in [0.15, 0.2) is 0 Å². The molecular formula is C27H24O5. The lowest BCUT2D eigenvalue weighted by atomic mass is 10.0. The van der Waals surface area contributed by atoms with Gasteiger partial charge in [-0.3, -0.25) is 0 Å². The Labute approximate surface area is 186 Å². The van der Waals surface area contributed by atoms with E-state index in [0.29, 0.717) is 22.6 Å². The number of phenolic OH excluding ortho intramolecular Hbond substituents is 2. The molecule has 0 aliphatic carbocycles. The summed E-state index contributed by atoms with van der Waals surface area (Å²) in [4.78, 5) is 12.7. The molecule has 1 heterocycles. The summed E-state index contributed by atoms with van der Waals surface area (Å²) < 4.78 is 11.4. The number of phenols is 2. The fraction of sp³-hybridized carbons (Fsp3) is 0.148. The van der Waals surface area contributed by atoms with Crippen LogP contribution in [0.15, 0.2) is 71.1 Å². The highest BCUT2D eigenvalue weighted by atomic mass is 16.5. The minimum absolute atomic E-state index is 0.0723. The van der Waals surface area contributed by atoms with Crippen molar-refractivity contribution in [3.63, 3.8) is 0 Å². The number of carbonyl (C=O) groups excluding carboxylic acids is 1. The van der Waals surface area contributed by atoms with Gasteiger partial charge in [0, 0.05) is 0 Å². The molecule has 0 aliphatic rings. The average Bonchev–Trinajstić information content (AvgIpc) is 3.26. The quantitative estimate of drug-likeness (QED) is 0.364. The molecule has 0 amide bonds. The zero-order valence-corrected chi connectivity index (χ0v) is 18.2. The predicted molar refractivity (Wildman–Crippen MR) is 123 cm³/mol. The van der Waals surface area contributed by atoms with Gasteiger partial charge in [0.2, 0.25) is 0 Å².